The lowest BCUT2D eigenvalue weighted by Gasteiger charge is -2.23. The number of nitrogens with zero attached hydrogens (tertiary/aromatic N) is 1. The topological polar surface area (TPSA) is 50.8 Å². The number of ether oxygens (including phenoxy) is 2. The molecule has 1 N–H and O–H groups in total. The van der Waals surface area contributed by atoms with E-state index in [2.05, 4.69) is 5.32 Å². The van der Waals surface area contributed by atoms with Crippen LogP contribution >= 0.6 is 23.2 Å². The van der Waals surface area contributed by atoms with Crippen molar-refractivity contribution in [2.24, 2.45) is 0 Å². The highest BCUT2D eigenvalue weighted by Gasteiger charge is 2.25. The SMILES string of the molecule is CN(C)CCNC(=O)c1cccc2c1Oc1cc(Cl)c(Cl)cc1O2. The monoisotopic (exact) mass is 366 g/mol. The number of amides is 1. The summed E-state index contributed by atoms with van der Waals surface area (Å²) in [6.07, 6.45) is 0. The van der Waals surface area contributed by atoms with Gasteiger partial charge in [0, 0.05) is 25.2 Å². The second kappa shape index (κ2) is 6.89. The van der Waals surface area contributed by atoms with Crippen LogP contribution in [0.25, 0.3) is 0 Å². The van der Waals surface area contributed by atoms with Crippen LogP contribution in [0, 0.1) is 0 Å². The number of carbonyl (C=O) groups is 1. The van der Waals surface area contributed by atoms with Crippen molar-refractivity contribution in [1.82, 2.24) is 10.2 Å². The third-order valence-corrected chi connectivity index (χ3v) is 4.21. The molecule has 0 saturated carbocycles. The molecular formula is C17H16Cl2N2O3. The molecule has 126 valence electrons. The standard InChI is InChI=1S/C17H16Cl2N2O3/c1-21(2)7-6-20-17(22)10-4-3-5-13-16(10)24-15-9-12(19)11(18)8-14(15)23-13/h3-5,8-9H,6-7H2,1-2H3,(H,20,22). The first kappa shape index (κ1) is 16.9. The minimum absolute atomic E-state index is 0.221. The molecule has 2 aromatic rings. The number of hydrogen-bond donors (Lipinski definition) is 1. The van der Waals surface area contributed by atoms with Gasteiger partial charge in [-0.05, 0) is 26.2 Å². The molecule has 0 saturated heterocycles. The Kier molecular flexibility index (Phi) is 4.85. The molecule has 0 fully saturated rings. The average molecular weight is 367 g/mol. The summed E-state index contributed by atoms with van der Waals surface area (Å²) in [5.74, 6) is 1.49. The maximum atomic E-state index is 12.4. The Morgan fingerprint density at radius 3 is 2.42 bits per heavy atom. The van der Waals surface area contributed by atoms with Crippen molar-refractivity contribution >= 4 is 29.1 Å². The first-order chi connectivity index (χ1) is 11.5. The summed E-state index contributed by atoms with van der Waals surface area (Å²) in [5.41, 5.74) is 0.406. The van der Waals surface area contributed by atoms with Gasteiger partial charge in [-0.3, -0.25) is 4.79 Å². The maximum Gasteiger partial charge on any atom is 0.255 e. The van der Waals surface area contributed by atoms with Crippen molar-refractivity contribution in [3.8, 4) is 23.0 Å². The number of benzene rings is 2. The number of carbonyl (C=O) groups excluding carboxylic acids is 1. The van der Waals surface area contributed by atoms with Crippen LogP contribution in [0.2, 0.25) is 10.0 Å². The number of fused-ring (bicyclic) bond motifs is 2. The average Bonchev–Trinajstić information content (AvgIpc) is 2.53. The number of nitrogens with one attached hydrogen (secondary N) is 1. The highest BCUT2D eigenvalue weighted by molar-refractivity contribution is 6.42. The van der Waals surface area contributed by atoms with E-state index in [-0.39, 0.29) is 5.91 Å². The molecular weight excluding hydrogens is 351 g/mol. The summed E-state index contributed by atoms with van der Waals surface area (Å²) in [7, 11) is 3.89. The lowest BCUT2D eigenvalue weighted by molar-refractivity contribution is 0.0947. The fraction of sp³-hybridized carbons (Fsp3) is 0.235. The van der Waals surface area contributed by atoms with Gasteiger partial charge in [-0.1, -0.05) is 29.3 Å². The van der Waals surface area contributed by atoms with E-state index in [1.54, 1.807) is 30.3 Å². The van der Waals surface area contributed by atoms with Crippen molar-refractivity contribution in [3.05, 3.63) is 45.9 Å². The summed E-state index contributed by atoms with van der Waals surface area (Å²) < 4.78 is 11.6. The highest BCUT2D eigenvalue weighted by atomic mass is 35.5. The molecule has 7 heteroatoms. The molecule has 1 heterocycles. The molecule has 24 heavy (non-hydrogen) atoms. The Labute approximate surface area is 150 Å². The fourth-order valence-corrected chi connectivity index (χ4v) is 2.57. The molecule has 0 radical (unpaired) electrons. The van der Waals surface area contributed by atoms with E-state index in [9.17, 15) is 4.79 Å². The largest absolute Gasteiger partial charge is 0.449 e. The Hall–Kier alpha value is -1.95. The Morgan fingerprint density at radius 2 is 1.75 bits per heavy atom. The van der Waals surface area contributed by atoms with Crippen molar-refractivity contribution in [1.29, 1.82) is 0 Å². The summed E-state index contributed by atoms with van der Waals surface area (Å²) in [4.78, 5) is 14.4. The zero-order valence-electron chi connectivity index (χ0n) is 13.2. The minimum Gasteiger partial charge on any atom is -0.449 e. The summed E-state index contributed by atoms with van der Waals surface area (Å²) in [5, 5.41) is 3.59. The van der Waals surface area contributed by atoms with E-state index in [1.165, 1.54) is 0 Å². The molecule has 0 bridgehead atoms. The summed E-state index contributed by atoms with van der Waals surface area (Å²) >= 11 is 12.0. The first-order valence-electron chi connectivity index (χ1n) is 7.36. The second-order valence-corrected chi connectivity index (χ2v) is 6.42. The van der Waals surface area contributed by atoms with Gasteiger partial charge in [0.25, 0.3) is 5.91 Å². The molecule has 0 aromatic heterocycles. The third kappa shape index (κ3) is 3.43. The molecule has 1 amide bonds. The molecule has 2 aromatic carbocycles. The third-order valence-electron chi connectivity index (χ3n) is 3.49. The van der Waals surface area contributed by atoms with Crippen LogP contribution in [-0.4, -0.2) is 38.0 Å². The fourth-order valence-electron chi connectivity index (χ4n) is 2.27. The lowest BCUT2D eigenvalue weighted by atomic mass is 10.1. The van der Waals surface area contributed by atoms with Crippen LogP contribution in [-0.2, 0) is 0 Å². The predicted octanol–water partition coefficient (Wildman–Crippen LogP) is 4.18. The summed E-state index contributed by atoms with van der Waals surface area (Å²) in [6.45, 7) is 1.28. The molecule has 1 aliphatic heterocycles. The van der Waals surface area contributed by atoms with Crippen LogP contribution in [0.4, 0.5) is 0 Å². The van der Waals surface area contributed by atoms with Crippen LogP contribution in [0.15, 0.2) is 30.3 Å². The normalized spacial score (nSPS) is 12.0. The maximum absolute atomic E-state index is 12.4. The van der Waals surface area contributed by atoms with Crippen molar-refractivity contribution < 1.29 is 14.3 Å². The molecule has 0 spiro atoms. The Bertz CT molecular complexity index is 794. The van der Waals surface area contributed by atoms with Crippen LogP contribution in [0.5, 0.6) is 23.0 Å². The van der Waals surface area contributed by atoms with Gasteiger partial charge >= 0.3 is 0 Å². The van der Waals surface area contributed by atoms with Crippen LogP contribution in [0.1, 0.15) is 10.4 Å². The molecule has 3 rings (SSSR count). The van der Waals surface area contributed by atoms with Gasteiger partial charge in [0.15, 0.2) is 23.0 Å². The molecule has 0 unspecified atom stereocenters. The predicted molar refractivity (Wildman–Crippen MR) is 93.9 cm³/mol. The molecule has 1 aliphatic rings. The van der Waals surface area contributed by atoms with E-state index in [0.29, 0.717) is 45.2 Å². The van der Waals surface area contributed by atoms with Gasteiger partial charge in [-0.2, -0.15) is 0 Å². The van der Waals surface area contributed by atoms with Crippen molar-refractivity contribution in [3.63, 3.8) is 0 Å². The Morgan fingerprint density at radius 1 is 1.08 bits per heavy atom. The molecule has 0 atom stereocenters. The van der Waals surface area contributed by atoms with Gasteiger partial charge in [0.1, 0.15) is 0 Å². The first-order valence-corrected chi connectivity index (χ1v) is 8.12. The zero-order valence-corrected chi connectivity index (χ0v) is 14.7. The van der Waals surface area contributed by atoms with Gasteiger partial charge in [0.2, 0.25) is 0 Å². The number of hydrogen-bond acceptors (Lipinski definition) is 4. The van der Waals surface area contributed by atoms with Gasteiger partial charge in [-0.25, -0.2) is 0 Å². The minimum atomic E-state index is -0.221. The molecule has 5 nitrogen and oxygen atoms in total. The lowest BCUT2D eigenvalue weighted by Crippen LogP contribution is -2.31. The zero-order chi connectivity index (χ0) is 17.3. The Balaban J connectivity index is 1.86. The van der Waals surface area contributed by atoms with E-state index in [0.717, 1.165) is 6.54 Å². The summed E-state index contributed by atoms with van der Waals surface area (Å²) in [6, 6.07) is 8.33. The second-order valence-electron chi connectivity index (χ2n) is 5.61. The number of halogens is 2. The van der Waals surface area contributed by atoms with Crippen LogP contribution < -0.4 is 14.8 Å². The van der Waals surface area contributed by atoms with E-state index < -0.39 is 0 Å². The van der Waals surface area contributed by atoms with Gasteiger partial charge in [-0.15, -0.1) is 0 Å². The quantitative estimate of drug-likeness (QED) is 0.752. The molecule has 0 aliphatic carbocycles. The van der Waals surface area contributed by atoms with E-state index in [4.69, 9.17) is 32.7 Å². The van der Waals surface area contributed by atoms with Crippen molar-refractivity contribution in [2.75, 3.05) is 27.2 Å². The van der Waals surface area contributed by atoms with E-state index in [1.807, 2.05) is 19.0 Å². The smallest absolute Gasteiger partial charge is 0.255 e. The van der Waals surface area contributed by atoms with Gasteiger partial charge in [0.05, 0.1) is 15.6 Å². The number of para-hydroxylation sites is 1. The highest BCUT2D eigenvalue weighted by Crippen LogP contribution is 2.49. The number of rotatable bonds is 4. The van der Waals surface area contributed by atoms with Crippen molar-refractivity contribution in [2.45, 2.75) is 0 Å². The van der Waals surface area contributed by atoms with Crippen LogP contribution in [0.3, 0.4) is 0 Å². The van der Waals surface area contributed by atoms with E-state index >= 15 is 0 Å². The van der Waals surface area contributed by atoms with Gasteiger partial charge < -0.3 is 19.7 Å². The number of likely N-dealkylation sites (N-methyl/N-ethyl adjacent to an activating group) is 1.